The second kappa shape index (κ2) is 6.75. The van der Waals surface area contributed by atoms with Crippen LogP contribution in [0.1, 0.15) is 71.6 Å². The largest absolute Gasteiger partial charge is 0.311 e. The van der Waals surface area contributed by atoms with Gasteiger partial charge in [0, 0.05) is 12.1 Å². The molecule has 0 aromatic rings. The van der Waals surface area contributed by atoms with Crippen LogP contribution in [0.4, 0.5) is 0 Å². The Morgan fingerprint density at radius 1 is 0.944 bits per heavy atom. The second-order valence-electron chi connectivity index (χ2n) is 6.88. The molecule has 0 bridgehead atoms. The van der Waals surface area contributed by atoms with Crippen molar-refractivity contribution >= 4 is 0 Å². The molecule has 0 heterocycles. The maximum Gasteiger partial charge on any atom is 0.00753 e. The Balaban J connectivity index is 1.79. The molecule has 4 unspecified atom stereocenters. The van der Waals surface area contributed by atoms with Crippen molar-refractivity contribution in [2.24, 2.45) is 11.8 Å². The van der Waals surface area contributed by atoms with E-state index in [1.54, 1.807) is 0 Å². The molecule has 2 aliphatic rings. The van der Waals surface area contributed by atoms with Crippen molar-refractivity contribution in [3.8, 4) is 0 Å². The van der Waals surface area contributed by atoms with Crippen molar-refractivity contribution < 1.29 is 0 Å². The summed E-state index contributed by atoms with van der Waals surface area (Å²) < 4.78 is 0. The highest BCUT2D eigenvalue weighted by Crippen LogP contribution is 2.30. The van der Waals surface area contributed by atoms with Gasteiger partial charge in [-0.3, -0.25) is 0 Å². The molecule has 18 heavy (non-hydrogen) atoms. The molecule has 0 spiro atoms. The molecular formula is C17H31N. The van der Waals surface area contributed by atoms with Gasteiger partial charge in [-0.15, -0.1) is 0 Å². The summed E-state index contributed by atoms with van der Waals surface area (Å²) in [6, 6.07) is 1.56. The Morgan fingerprint density at radius 2 is 1.67 bits per heavy atom. The zero-order valence-electron chi connectivity index (χ0n) is 12.4. The second-order valence-corrected chi connectivity index (χ2v) is 6.88. The molecule has 0 radical (unpaired) electrons. The van der Waals surface area contributed by atoms with E-state index in [0.717, 1.165) is 23.9 Å². The number of nitrogens with one attached hydrogen (secondary N) is 1. The lowest BCUT2D eigenvalue weighted by Crippen LogP contribution is -2.41. The van der Waals surface area contributed by atoms with E-state index in [-0.39, 0.29) is 0 Å². The van der Waals surface area contributed by atoms with Crippen molar-refractivity contribution in [3.63, 3.8) is 0 Å². The maximum atomic E-state index is 4.16. The van der Waals surface area contributed by atoms with E-state index in [1.165, 1.54) is 63.4 Å². The van der Waals surface area contributed by atoms with Crippen LogP contribution in [0.25, 0.3) is 0 Å². The van der Waals surface area contributed by atoms with Crippen LogP contribution in [0.5, 0.6) is 0 Å². The summed E-state index contributed by atoms with van der Waals surface area (Å²) in [7, 11) is 0. The minimum absolute atomic E-state index is 0.763. The molecule has 1 N–H and O–H groups in total. The molecule has 1 nitrogen and oxygen atoms in total. The minimum atomic E-state index is 0.763. The van der Waals surface area contributed by atoms with Gasteiger partial charge in [-0.2, -0.15) is 0 Å². The Morgan fingerprint density at radius 3 is 2.44 bits per heavy atom. The Bertz CT molecular complexity index is 271. The van der Waals surface area contributed by atoms with Crippen LogP contribution in [0.2, 0.25) is 0 Å². The van der Waals surface area contributed by atoms with Gasteiger partial charge in [0.2, 0.25) is 0 Å². The van der Waals surface area contributed by atoms with Crippen molar-refractivity contribution in [1.29, 1.82) is 0 Å². The summed E-state index contributed by atoms with van der Waals surface area (Å²) >= 11 is 0. The zero-order chi connectivity index (χ0) is 13.0. The van der Waals surface area contributed by atoms with Crippen LogP contribution in [-0.4, -0.2) is 12.1 Å². The van der Waals surface area contributed by atoms with Gasteiger partial charge in [0.05, 0.1) is 0 Å². The summed E-state index contributed by atoms with van der Waals surface area (Å²) in [5, 5.41) is 3.96. The lowest BCUT2D eigenvalue weighted by Gasteiger charge is -2.33. The fraction of sp³-hybridized carbons (Fsp3) is 0.882. The minimum Gasteiger partial charge on any atom is -0.311 e. The first kappa shape index (κ1) is 14.1. The summed E-state index contributed by atoms with van der Waals surface area (Å²) in [5.74, 6) is 1.73. The van der Waals surface area contributed by atoms with Gasteiger partial charge < -0.3 is 5.32 Å². The Labute approximate surface area is 113 Å². The van der Waals surface area contributed by atoms with Gasteiger partial charge in [0.25, 0.3) is 0 Å². The predicted octanol–water partition coefficient (Wildman–Crippen LogP) is 4.68. The normalized spacial score (nSPS) is 38.1. The predicted molar refractivity (Wildman–Crippen MR) is 79.7 cm³/mol. The van der Waals surface area contributed by atoms with Crippen molar-refractivity contribution in [3.05, 3.63) is 12.2 Å². The van der Waals surface area contributed by atoms with Crippen LogP contribution < -0.4 is 5.32 Å². The Hall–Kier alpha value is -0.300. The standard InChI is InChI=1S/C17H31N/c1-13(2)15-7-5-9-17(12-15)18-16-8-4-6-14(3)10-11-16/h14-18H,1,4-12H2,2-3H3. The molecule has 0 saturated heterocycles. The van der Waals surface area contributed by atoms with E-state index >= 15 is 0 Å². The molecule has 0 aromatic carbocycles. The average Bonchev–Trinajstić information content (AvgIpc) is 2.55. The highest BCUT2D eigenvalue weighted by Gasteiger charge is 2.25. The summed E-state index contributed by atoms with van der Waals surface area (Å²) in [6.45, 7) is 8.78. The smallest absolute Gasteiger partial charge is 0.00753 e. The third-order valence-electron chi connectivity index (χ3n) is 5.10. The number of hydrogen-bond acceptors (Lipinski definition) is 1. The Kier molecular flexibility index (Phi) is 5.29. The quantitative estimate of drug-likeness (QED) is 0.565. The lowest BCUT2D eigenvalue weighted by atomic mass is 9.81. The summed E-state index contributed by atoms with van der Waals surface area (Å²) in [6.07, 6.45) is 12.6. The third-order valence-corrected chi connectivity index (χ3v) is 5.10. The highest BCUT2D eigenvalue weighted by molar-refractivity contribution is 5.00. The van der Waals surface area contributed by atoms with Crippen LogP contribution in [-0.2, 0) is 0 Å². The molecule has 0 aliphatic heterocycles. The van der Waals surface area contributed by atoms with Crippen molar-refractivity contribution in [2.45, 2.75) is 83.7 Å². The van der Waals surface area contributed by atoms with E-state index in [0.29, 0.717) is 0 Å². The van der Waals surface area contributed by atoms with Gasteiger partial charge in [-0.25, -0.2) is 0 Å². The van der Waals surface area contributed by atoms with E-state index in [9.17, 15) is 0 Å². The lowest BCUT2D eigenvalue weighted by molar-refractivity contribution is 0.279. The fourth-order valence-electron chi connectivity index (χ4n) is 3.78. The van der Waals surface area contributed by atoms with Crippen LogP contribution in [0, 0.1) is 11.8 Å². The molecule has 0 amide bonds. The molecular weight excluding hydrogens is 218 g/mol. The monoisotopic (exact) mass is 249 g/mol. The van der Waals surface area contributed by atoms with Gasteiger partial charge >= 0.3 is 0 Å². The van der Waals surface area contributed by atoms with Crippen LogP contribution in [0.3, 0.4) is 0 Å². The number of allylic oxidation sites excluding steroid dienone is 1. The third kappa shape index (κ3) is 4.12. The van der Waals surface area contributed by atoms with Gasteiger partial charge in [0.15, 0.2) is 0 Å². The van der Waals surface area contributed by atoms with E-state index in [1.807, 2.05) is 0 Å². The molecule has 4 atom stereocenters. The first-order valence-corrected chi connectivity index (χ1v) is 8.06. The maximum absolute atomic E-state index is 4.16. The van der Waals surface area contributed by atoms with Crippen molar-refractivity contribution in [2.75, 3.05) is 0 Å². The molecule has 2 saturated carbocycles. The average molecular weight is 249 g/mol. The SMILES string of the molecule is C=C(C)C1CCCC(NC2CCCC(C)CC2)C1. The van der Waals surface area contributed by atoms with Crippen LogP contribution >= 0.6 is 0 Å². The van der Waals surface area contributed by atoms with E-state index in [2.05, 4.69) is 25.7 Å². The topological polar surface area (TPSA) is 12.0 Å². The number of hydrogen-bond donors (Lipinski definition) is 1. The zero-order valence-corrected chi connectivity index (χ0v) is 12.4. The van der Waals surface area contributed by atoms with Crippen LogP contribution in [0.15, 0.2) is 12.2 Å². The fourth-order valence-corrected chi connectivity index (χ4v) is 3.78. The molecule has 2 aliphatic carbocycles. The van der Waals surface area contributed by atoms with E-state index in [4.69, 9.17) is 0 Å². The van der Waals surface area contributed by atoms with Crippen molar-refractivity contribution in [1.82, 2.24) is 5.32 Å². The van der Waals surface area contributed by atoms with E-state index < -0.39 is 0 Å². The van der Waals surface area contributed by atoms with Gasteiger partial charge in [-0.1, -0.05) is 38.3 Å². The van der Waals surface area contributed by atoms with Gasteiger partial charge in [0.1, 0.15) is 0 Å². The molecule has 0 aromatic heterocycles. The van der Waals surface area contributed by atoms with Gasteiger partial charge in [-0.05, 0) is 57.3 Å². The first-order valence-electron chi connectivity index (χ1n) is 8.06. The summed E-state index contributed by atoms with van der Waals surface area (Å²) in [5.41, 5.74) is 1.40. The molecule has 2 fully saturated rings. The number of rotatable bonds is 3. The molecule has 1 heteroatoms. The molecule has 2 rings (SSSR count). The summed E-state index contributed by atoms with van der Waals surface area (Å²) in [4.78, 5) is 0. The molecule has 104 valence electrons. The first-order chi connectivity index (χ1) is 8.65. The highest BCUT2D eigenvalue weighted by atomic mass is 15.0.